The van der Waals surface area contributed by atoms with Gasteiger partial charge in [-0.05, 0) is 66.4 Å². The van der Waals surface area contributed by atoms with Crippen LogP contribution in [0.4, 0.5) is 0 Å². The lowest BCUT2D eigenvalue weighted by atomic mass is 9.94. The van der Waals surface area contributed by atoms with Gasteiger partial charge in [-0.3, -0.25) is 14.4 Å². The van der Waals surface area contributed by atoms with Crippen molar-refractivity contribution in [1.29, 1.82) is 0 Å². The summed E-state index contributed by atoms with van der Waals surface area (Å²) in [5, 5.41) is 4.16. The lowest BCUT2D eigenvalue weighted by Crippen LogP contribution is -2.47. The Morgan fingerprint density at radius 2 is 1.74 bits per heavy atom. The highest BCUT2D eigenvalue weighted by atomic mass is 16.5. The van der Waals surface area contributed by atoms with Crippen LogP contribution in [0.5, 0.6) is 11.5 Å². The molecule has 3 amide bonds. The molecule has 1 aromatic heterocycles. The van der Waals surface area contributed by atoms with Crippen LogP contribution in [-0.2, 0) is 11.2 Å². The van der Waals surface area contributed by atoms with E-state index in [-0.39, 0.29) is 36.2 Å². The van der Waals surface area contributed by atoms with Crippen LogP contribution in [0.3, 0.4) is 0 Å². The first-order chi connectivity index (χ1) is 21.0. The average molecular weight is 579 g/mol. The largest absolute Gasteiger partial charge is 0.494 e. The smallest absolute Gasteiger partial charge is 0.270 e. The molecule has 0 saturated carbocycles. The van der Waals surface area contributed by atoms with Gasteiger partial charge < -0.3 is 29.6 Å². The van der Waals surface area contributed by atoms with Crippen molar-refractivity contribution in [3.8, 4) is 11.5 Å². The number of aromatic nitrogens is 1. The van der Waals surface area contributed by atoms with Crippen molar-refractivity contribution in [2.75, 3.05) is 39.4 Å². The maximum atomic E-state index is 13.6. The number of benzene rings is 3. The van der Waals surface area contributed by atoms with Crippen LogP contribution in [-0.4, -0.2) is 77.9 Å². The first-order valence-electron chi connectivity index (χ1n) is 15.0. The van der Waals surface area contributed by atoms with Crippen LogP contribution >= 0.6 is 0 Å². The van der Waals surface area contributed by atoms with Crippen LogP contribution in [0, 0.1) is 0 Å². The Balaban J connectivity index is 1.14. The van der Waals surface area contributed by atoms with Gasteiger partial charge >= 0.3 is 0 Å². The first-order valence-corrected chi connectivity index (χ1v) is 15.0. The van der Waals surface area contributed by atoms with Crippen LogP contribution in [0.2, 0.25) is 0 Å². The fourth-order valence-corrected chi connectivity index (χ4v) is 6.42. The van der Waals surface area contributed by atoms with E-state index in [1.165, 1.54) is 0 Å². The normalized spacial score (nSPS) is 20.4. The number of rotatable bonds is 2. The van der Waals surface area contributed by atoms with E-state index in [4.69, 9.17) is 9.47 Å². The number of amides is 3. The molecule has 3 aromatic carbocycles. The fourth-order valence-electron chi connectivity index (χ4n) is 6.42. The molecule has 9 nitrogen and oxygen atoms in total. The lowest BCUT2D eigenvalue weighted by molar-refractivity contribution is -0.122. The summed E-state index contributed by atoms with van der Waals surface area (Å²) in [6, 6.07) is 22.8. The minimum Gasteiger partial charge on any atom is -0.494 e. The third-order valence-electron chi connectivity index (χ3n) is 8.65. The molecule has 43 heavy (non-hydrogen) atoms. The Kier molecular flexibility index (Phi) is 7.22. The molecule has 0 aliphatic carbocycles. The summed E-state index contributed by atoms with van der Waals surface area (Å²) in [6.07, 6.45) is 2.21. The quantitative estimate of drug-likeness (QED) is 0.372. The molecule has 4 heterocycles. The number of para-hydroxylation sites is 1. The number of aromatic amines is 1. The van der Waals surface area contributed by atoms with E-state index < -0.39 is 0 Å². The minimum atomic E-state index is -0.326. The van der Waals surface area contributed by atoms with Gasteiger partial charge in [0.25, 0.3) is 11.8 Å². The number of carbonyl (C=O) groups is 3. The second-order valence-electron chi connectivity index (χ2n) is 11.5. The third kappa shape index (κ3) is 5.55. The Labute approximate surface area is 249 Å². The molecule has 2 bridgehead atoms. The monoisotopic (exact) mass is 578 g/mol. The van der Waals surface area contributed by atoms with E-state index in [1.54, 1.807) is 15.9 Å². The SMILES string of the molecule is O=C1CN(C(=O)c2ccc3c(c2)CCO3)CCCCOc2cccc(c2)[C@H]2CN(C(=O)c3cc4ccccc4[nH]3)C[C@@H]2N1. The molecule has 9 heteroatoms. The van der Waals surface area contributed by atoms with Crippen molar-refractivity contribution in [3.63, 3.8) is 0 Å². The maximum Gasteiger partial charge on any atom is 0.270 e. The summed E-state index contributed by atoms with van der Waals surface area (Å²) in [4.78, 5) is 47.5. The Hall–Kier alpha value is -4.79. The minimum absolute atomic E-state index is 0.0630. The molecule has 0 unspecified atom stereocenters. The van der Waals surface area contributed by atoms with Gasteiger partial charge in [-0.2, -0.15) is 0 Å². The second-order valence-corrected chi connectivity index (χ2v) is 11.5. The Morgan fingerprint density at radius 1 is 0.837 bits per heavy atom. The number of carbonyl (C=O) groups excluding carboxylic acids is 3. The summed E-state index contributed by atoms with van der Waals surface area (Å²) in [6.45, 7) is 2.29. The van der Waals surface area contributed by atoms with E-state index in [0.717, 1.165) is 46.4 Å². The topological polar surface area (TPSA) is 104 Å². The molecule has 4 aromatic rings. The van der Waals surface area contributed by atoms with E-state index in [9.17, 15) is 14.4 Å². The Morgan fingerprint density at radius 3 is 2.65 bits per heavy atom. The van der Waals surface area contributed by atoms with Crippen molar-refractivity contribution < 1.29 is 23.9 Å². The summed E-state index contributed by atoms with van der Waals surface area (Å²) in [7, 11) is 0. The van der Waals surface area contributed by atoms with Crippen molar-refractivity contribution in [1.82, 2.24) is 20.1 Å². The number of fused-ring (bicyclic) bond motifs is 6. The van der Waals surface area contributed by atoms with Crippen molar-refractivity contribution in [3.05, 3.63) is 95.2 Å². The number of H-pyrrole nitrogens is 1. The molecule has 2 N–H and O–H groups in total. The first kappa shape index (κ1) is 27.1. The van der Waals surface area contributed by atoms with Gasteiger partial charge in [0.05, 0.1) is 25.8 Å². The highest BCUT2D eigenvalue weighted by Crippen LogP contribution is 2.32. The van der Waals surface area contributed by atoms with Gasteiger partial charge in [-0.25, -0.2) is 0 Å². The third-order valence-corrected chi connectivity index (χ3v) is 8.65. The van der Waals surface area contributed by atoms with Crippen LogP contribution in [0.25, 0.3) is 10.9 Å². The number of hydrogen-bond donors (Lipinski definition) is 2. The molecule has 220 valence electrons. The zero-order valence-electron chi connectivity index (χ0n) is 23.9. The van der Waals surface area contributed by atoms with E-state index in [1.807, 2.05) is 66.7 Å². The molecular weight excluding hydrogens is 544 g/mol. The van der Waals surface area contributed by atoms with Crippen LogP contribution < -0.4 is 14.8 Å². The van der Waals surface area contributed by atoms with E-state index in [0.29, 0.717) is 50.5 Å². The molecule has 0 radical (unpaired) electrons. The molecule has 3 aliphatic heterocycles. The molecule has 2 atom stereocenters. The highest BCUT2D eigenvalue weighted by molar-refractivity contribution is 5.99. The zero-order valence-corrected chi connectivity index (χ0v) is 23.9. The van der Waals surface area contributed by atoms with Gasteiger partial charge in [-0.1, -0.05) is 30.3 Å². The summed E-state index contributed by atoms with van der Waals surface area (Å²) >= 11 is 0. The van der Waals surface area contributed by atoms with Gasteiger partial charge in [0, 0.05) is 48.4 Å². The van der Waals surface area contributed by atoms with Crippen molar-refractivity contribution in [2.45, 2.75) is 31.2 Å². The van der Waals surface area contributed by atoms with Crippen LogP contribution in [0.15, 0.2) is 72.8 Å². The number of nitrogens with one attached hydrogen (secondary N) is 2. The Bertz CT molecular complexity index is 1660. The highest BCUT2D eigenvalue weighted by Gasteiger charge is 2.38. The number of nitrogens with zero attached hydrogens (tertiary/aromatic N) is 2. The number of likely N-dealkylation sites (tertiary alicyclic amines) is 1. The molecule has 1 saturated heterocycles. The van der Waals surface area contributed by atoms with E-state index >= 15 is 0 Å². The van der Waals surface area contributed by atoms with E-state index in [2.05, 4.69) is 10.3 Å². The van der Waals surface area contributed by atoms with Gasteiger partial charge in [0.15, 0.2) is 0 Å². The zero-order chi connectivity index (χ0) is 29.3. The molecular formula is C34H34N4O5. The summed E-state index contributed by atoms with van der Waals surface area (Å²) < 4.78 is 11.7. The standard InChI is InChI=1S/C34H34N4O5/c39-32-21-37(33(40)25-10-11-31-24(16-25)12-15-43-31)13-3-4-14-42-26-8-5-7-22(17-26)27-19-38(20-30(27)36-32)34(41)29-18-23-6-1-2-9-28(23)35-29/h1-2,5-11,16-18,27,30,35H,3-4,12-15,19-21H2,(H,36,39)/t27-,30+/m1/s1. The van der Waals surface area contributed by atoms with Gasteiger partial charge in [0.2, 0.25) is 5.91 Å². The van der Waals surface area contributed by atoms with Gasteiger partial charge in [-0.15, -0.1) is 0 Å². The number of ether oxygens (including phenoxy) is 2. The fraction of sp³-hybridized carbons (Fsp3) is 0.324. The summed E-state index contributed by atoms with van der Waals surface area (Å²) in [5.74, 6) is 0.909. The second kappa shape index (κ2) is 11.5. The van der Waals surface area contributed by atoms with Gasteiger partial charge in [0.1, 0.15) is 17.2 Å². The maximum absolute atomic E-state index is 13.6. The van der Waals surface area contributed by atoms with Crippen molar-refractivity contribution in [2.24, 2.45) is 0 Å². The molecule has 0 spiro atoms. The van der Waals surface area contributed by atoms with Crippen molar-refractivity contribution >= 4 is 28.6 Å². The molecule has 7 rings (SSSR count). The lowest BCUT2D eigenvalue weighted by Gasteiger charge is -2.26. The predicted octanol–water partition coefficient (Wildman–Crippen LogP) is 4.14. The summed E-state index contributed by atoms with van der Waals surface area (Å²) in [5.41, 5.74) is 3.99. The molecule has 1 fully saturated rings. The average Bonchev–Trinajstić information content (AvgIpc) is 3.77. The van der Waals surface area contributed by atoms with Crippen LogP contribution in [0.1, 0.15) is 50.7 Å². The predicted molar refractivity (Wildman–Crippen MR) is 162 cm³/mol. The number of hydrogen-bond acceptors (Lipinski definition) is 5. The molecule has 3 aliphatic rings.